The molecule has 1 fully saturated rings. The van der Waals surface area contributed by atoms with Crippen LogP contribution in [0.2, 0.25) is 0 Å². The lowest BCUT2D eigenvalue weighted by atomic mass is 10.1. The van der Waals surface area contributed by atoms with Gasteiger partial charge in [0, 0.05) is 5.56 Å². The number of nitrogens with one attached hydrogen (secondary N) is 1. The normalized spacial score (nSPS) is 17.2. The van der Waals surface area contributed by atoms with E-state index >= 15 is 0 Å². The Morgan fingerprint density at radius 3 is 2.61 bits per heavy atom. The van der Waals surface area contributed by atoms with Crippen LogP contribution in [0.5, 0.6) is 11.5 Å². The van der Waals surface area contributed by atoms with Crippen molar-refractivity contribution in [1.82, 2.24) is 5.32 Å². The summed E-state index contributed by atoms with van der Waals surface area (Å²) < 4.78 is 11.9. The Kier molecular flexibility index (Phi) is 5.32. The second-order valence-corrected chi connectivity index (χ2v) is 5.32. The molecule has 1 aromatic rings. The Labute approximate surface area is 117 Å². The molecular weight excluding hydrogens is 294 g/mol. The zero-order valence-electron chi connectivity index (χ0n) is 10.8. The third-order valence-corrected chi connectivity index (χ3v) is 3.79. The molecule has 0 saturated carbocycles. The molecule has 0 radical (unpaired) electrons. The first-order valence-corrected chi connectivity index (χ1v) is 7.31. The molecule has 2 aliphatic rings. The fraction of sp³-hybridized carbons (Fsp3) is 0.571. The van der Waals surface area contributed by atoms with Gasteiger partial charge in [-0.25, -0.2) is 0 Å². The minimum Gasteiger partial charge on any atom is -0.496 e. The van der Waals surface area contributed by atoms with Gasteiger partial charge in [0.1, 0.15) is 11.5 Å². The first-order chi connectivity index (χ1) is 8.83. The maximum Gasteiger partial charge on any atom is 0.140 e. The van der Waals surface area contributed by atoms with Crippen LogP contribution in [0.4, 0.5) is 0 Å². The molecule has 0 bridgehead atoms. The Bertz CT molecular complexity index is 384. The van der Waals surface area contributed by atoms with Crippen LogP contribution in [0.25, 0.3) is 0 Å². The van der Waals surface area contributed by atoms with Gasteiger partial charge in [0.15, 0.2) is 0 Å². The average Bonchev–Trinajstić information content (AvgIpc) is 2.99. The van der Waals surface area contributed by atoms with Crippen molar-refractivity contribution in [3.63, 3.8) is 0 Å². The fourth-order valence-corrected chi connectivity index (χ4v) is 2.70. The molecule has 1 aromatic carbocycles. The van der Waals surface area contributed by atoms with E-state index in [4.69, 9.17) is 9.47 Å². The van der Waals surface area contributed by atoms with E-state index in [1.165, 1.54) is 31.5 Å². The maximum atomic E-state index is 5.57. The molecule has 0 spiro atoms. The summed E-state index contributed by atoms with van der Waals surface area (Å²) in [5, 5.41) is 3.22. The largest absolute Gasteiger partial charge is 0.496 e. The molecule has 1 saturated heterocycles. The molecule has 1 N–H and O–H groups in total. The van der Waals surface area contributed by atoms with Gasteiger partial charge in [-0.2, -0.15) is 0 Å². The van der Waals surface area contributed by atoms with E-state index in [2.05, 4.69) is 21.2 Å². The van der Waals surface area contributed by atoms with Gasteiger partial charge < -0.3 is 14.8 Å². The van der Waals surface area contributed by atoms with Gasteiger partial charge in [0.05, 0.1) is 18.2 Å². The van der Waals surface area contributed by atoms with Crippen LogP contribution in [0, 0.1) is 0 Å². The summed E-state index contributed by atoms with van der Waals surface area (Å²) in [4.78, 5) is 0. The number of hydrogen-bond acceptors (Lipinski definition) is 3. The van der Waals surface area contributed by atoms with Crippen molar-refractivity contribution in [2.24, 2.45) is 0 Å². The number of fused-ring (bicyclic) bond motifs is 1. The van der Waals surface area contributed by atoms with Crippen LogP contribution in [-0.2, 0) is 6.42 Å². The van der Waals surface area contributed by atoms with Crippen LogP contribution in [0.3, 0.4) is 0 Å². The topological polar surface area (TPSA) is 30.5 Å². The van der Waals surface area contributed by atoms with Crippen LogP contribution in [0.15, 0.2) is 16.6 Å². The lowest BCUT2D eigenvalue weighted by Crippen LogP contribution is -2.10. The lowest BCUT2D eigenvalue weighted by Gasteiger charge is -2.20. The highest BCUT2D eigenvalue weighted by atomic mass is 79.9. The van der Waals surface area contributed by atoms with E-state index in [0.717, 1.165) is 35.4 Å². The summed E-state index contributed by atoms with van der Waals surface area (Å²) in [6, 6.07) is 3.93. The second kappa shape index (κ2) is 7.00. The molecule has 0 aromatic heterocycles. The van der Waals surface area contributed by atoms with Gasteiger partial charge in [0.25, 0.3) is 0 Å². The van der Waals surface area contributed by atoms with Crippen LogP contribution in [-0.4, -0.2) is 26.8 Å². The highest BCUT2D eigenvalue weighted by molar-refractivity contribution is 9.10. The molecule has 2 heterocycles. The molecule has 3 nitrogen and oxygen atoms in total. The zero-order valence-corrected chi connectivity index (χ0v) is 12.4. The lowest BCUT2D eigenvalue weighted by molar-refractivity contribution is 0.280. The van der Waals surface area contributed by atoms with Crippen LogP contribution >= 0.6 is 15.9 Å². The molecule has 100 valence electrons. The summed E-state index contributed by atoms with van der Waals surface area (Å²) in [5.74, 6) is 1.88. The standard InChI is InChI=1S/C10H11BrO2.C4H9N/c1-12-9-5-4-8(11)10-7(9)3-2-6-13-10;1-2-4-5-3-1/h4-5H,2-3,6H2,1H3;5H,1-4H2. The fourth-order valence-electron chi connectivity index (χ4n) is 2.21. The van der Waals surface area contributed by atoms with E-state index in [-0.39, 0.29) is 0 Å². The third kappa shape index (κ3) is 3.39. The minimum absolute atomic E-state index is 0.804. The highest BCUT2D eigenvalue weighted by Crippen LogP contribution is 2.38. The monoisotopic (exact) mass is 313 g/mol. The van der Waals surface area contributed by atoms with Crippen LogP contribution < -0.4 is 14.8 Å². The number of hydrogen-bond donors (Lipinski definition) is 1. The quantitative estimate of drug-likeness (QED) is 0.864. The summed E-state index contributed by atoms with van der Waals surface area (Å²) in [6.07, 6.45) is 4.89. The first-order valence-electron chi connectivity index (χ1n) is 6.52. The molecule has 0 amide bonds. The van der Waals surface area contributed by atoms with E-state index in [1.807, 2.05) is 12.1 Å². The summed E-state index contributed by atoms with van der Waals surface area (Å²) in [7, 11) is 1.69. The summed E-state index contributed by atoms with van der Waals surface area (Å²) in [5.41, 5.74) is 1.18. The van der Waals surface area contributed by atoms with Crippen molar-refractivity contribution in [1.29, 1.82) is 0 Å². The molecule has 0 atom stereocenters. The molecule has 4 heteroatoms. The maximum absolute atomic E-state index is 5.57. The molecule has 3 rings (SSSR count). The van der Waals surface area contributed by atoms with Gasteiger partial charge >= 0.3 is 0 Å². The van der Waals surface area contributed by atoms with E-state index < -0.39 is 0 Å². The SMILES string of the molecule is C1CCNC1.COc1ccc(Br)c2c1CCCO2. The smallest absolute Gasteiger partial charge is 0.140 e. The van der Waals surface area contributed by atoms with Gasteiger partial charge in [-0.15, -0.1) is 0 Å². The third-order valence-electron chi connectivity index (χ3n) is 3.16. The first kappa shape index (κ1) is 13.7. The van der Waals surface area contributed by atoms with Gasteiger partial charge in [-0.3, -0.25) is 0 Å². The Hall–Kier alpha value is -0.740. The van der Waals surface area contributed by atoms with E-state index in [0.29, 0.717) is 0 Å². The van der Waals surface area contributed by atoms with Crippen molar-refractivity contribution in [2.75, 3.05) is 26.8 Å². The molecule has 2 aliphatic heterocycles. The van der Waals surface area contributed by atoms with Crippen molar-refractivity contribution >= 4 is 15.9 Å². The minimum atomic E-state index is 0.804. The number of ether oxygens (including phenoxy) is 2. The second-order valence-electron chi connectivity index (χ2n) is 4.47. The number of methoxy groups -OCH3 is 1. The summed E-state index contributed by atoms with van der Waals surface area (Å²) in [6.45, 7) is 3.30. The predicted octanol–water partition coefficient (Wildman–Crippen LogP) is 3.15. The van der Waals surface area contributed by atoms with Gasteiger partial charge in [0.2, 0.25) is 0 Å². The predicted molar refractivity (Wildman–Crippen MR) is 76.6 cm³/mol. The van der Waals surface area contributed by atoms with Crippen molar-refractivity contribution in [3.8, 4) is 11.5 Å². The van der Waals surface area contributed by atoms with E-state index in [1.54, 1.807) is 7.11 Å². The zero-order chi connectivity index (χ0) is 12.8. The molecule has 18 heavy (non-hydrogen) atoms. The molecule has 0 aliphatic carbocycles. The van der Waals surface area contributed by atoms with Crippen LogP contribution in [0.1, 0.15) is 24.8 Å². The Morgan fingerprint density at radius 2 is 2.00 bits per heavy atom. The van der Waals surface area contributed by atoms with Crippen molar-refractivity contribution in [2.45, 2.75) is 25.7 Å². The number of rotatable bonds is 1. The highest BCUT2D eigenvalue weighted by Gasteiger charge is 2.17. The average molecular weight is 314 g/mol. The molecular formula is C14H20BrNO2. The van der Waals surface area contributed by atoms with Gasteiger partial charge in [-0.05, 0) is 66.8 Å². The molecule has 0 unspecified atom stereocenters. The Morgan fingerprint density at radius 1 is 1.22 bits per heavy atom. The summed E-state index contributed by atoms with van der Waals surface area (Å²) >= 11 is 3.46. The van der Waals surface area contributed by atoms with E-state index in [9.17, 15) is 0 Å². The van der Waals surface area contributed by atoms with Crippen molar-refractivity contribution in [3.05, 3.63) is 22.2 Å². The Balaban J connectivity index is 0.000000202. The number of benzene rings is 1. The van der Waals surface area contributed by atoms with Gasteiger partial charge in [-0.1, -0.05) is 0 Å². The van der Waals surface area contributed by atoms with Crippen molar-refractivity contribution < 1.29 is 9.47 Å². The number of halogens is 1.